The van der Waals surface area contributed by atoms with Crippen LogP contribution in [0.25, 0.3) is 17.3 Å². The molecule has 1 saturated carbocycles. The maximum atomic E-state index is 11.2. The van der Waals surface area contributed by atoms with E-state index in [1.54, 1.807) is 0 Å². The lowest BCUT2D eigenvalue weighted by Crippen LogP contribution is -2.45. The third kappa shape index (κ3) is 3.24. The topological polar surface area (TPSA) is 38.0 Å². The number of benzene rings is 2. The molecule has 1 fully saturated rings. The van der Waals surface area contributed by atoms with Crippen molar-refractivity contribution in [1.82, 2.24) is 9.55 Å². The number of aliphatic hydroxyl groups is 1. The van der Waals surface area contributed by atoms with E-state index in [2.05, 4.69) is 66.1 Å². The van der Waals surface area contributed by atoms with Crippen LogP contribution in [0.3, 0.4) is 0 Å². The van der Waals surface area contributed by atoms with Gasteiger partial charge in [-0.2, -0.15) is 0 Å². The molecule has 0 unspecified atom stereocenters. The summed E-state index contributed by atoms with van der Waals surface area (Å²) in [6.07, 6.45) is 8.07. The van der Waals surface area contributed by atoms with E-state index in [0.717, 1.165) is 43.5 Å². The Hall–Kier alpha value is -2.65. The number of hydrogen-bond donors (Lipinski definition) is 1. The predicted molar refractivity (Wildman–Crippen MR) is 117 cm³/mol. The smallest absolute Gasteiger partial charge is 0.0958 e. The highest BCUT2D eigenvalue weighted by Gasteiger charge is 2.45. The maximum absolute atomic E-state index is 11.2. The third-order valence-corrected chi connectivity index (χ3v) is 7.00. The molecule has 3 atom stereocenters. The molecule has 3 nitrogen and oxygen atoms in total. The minimum Gasteiger partial charge on any atom is -0.392 e. The summed E-state index contributed by atoms with van der Waals surface area (Å²) in [5, 5.41) is 11.2. The lowest BCUT2D eigenvalue weighted by Gasteiger charge is -2.48. The molecular formula is C26H28N2O. The van der Waals surface area contributed by atoms with Gasteiger partial charge in [-0.15, -0.1) is 0 Å². The highest BCUT2D eigenvalue weighted by Crippen LogP contribution is 2.51. The van der Waals surface area contributed by atoms with Gasteiger partial charge < -0.3 is 9.67 Å². The summed E-state index contributed by atoms with van der Waals surface area (Å²) < 4.78 is 2.29. The Labute approximate surface area is 172 Å². The normalized spacial score (nSPS) is 24.3. The monoisotopic (exact) mass is 384 g/mol. The summed E-state index contributed by atoms with van der Waals surface area (Å²) in [6.45, 7) is 3.24. The Morgan fingerprint density at radius 3 is 2.59 bits per heavy atom. The molecule has 5 rings (SSSR count). The van der Waals surface area contributed by atoms with Crippen LogP contribution in [-0.4, -0.2) is 20.8 Å². The molecule has 1 aliphatic heterocycles. The molecular weight excluding hydrogens is 356 g/mol. The molecule has 0 spiro atoms. The van der Waals surface area contributed by atoms with Crippen molar-refractivity contribution in [3.63, 3.8) is 0 Å². The Balaban J connectivity index is 1.47. The first-order chi connectivity index (χ1) is 14.1. The van der Waals surface area contributed by atoms with E-state index in [1.807, 2.05) is 18.5 Å². The lowest BCUT2D eigenvalue weighted by molar-refractivity contribution is 0.0142. The van der Waals surface area contributed by atoms with Crippen molar-refractivity contribution < 1.29 is 5.11 Å². The van der Waals surface area contributed by atoms with Gasteiger partial charge in [0, 0.05) is 17.5 Å². The van der Waals surface area contributed by atoms with Crippen molar-refractivity contribution in [2.45, 2.75) is 45.3 Å². The van der Waals surface area contributed by atoms with Crippen molar-refractivity contribution >= 4 is 6.08 Å². The molecule has 1 aromatic heterocycles. The molecule has 1 aliphatic carbocycles. The zero-order valence-corrected chi connectivity index (χ0v) is 17.0. The highest BCUT2D eigenvalue weighted by molar-refractivity contribution is 5.72. The number of fused-ring (bicyclic) bond motifs is 2. The average molecular weight is 385 g/mol. The van der Waals surface area contributed by atoms with Gasteiger partial charge in [0.15, 0.2) is 0 Å². The standard InChI is InChI=1S/C26H28N2O/c1-26-17-28-18-27-25(20-11-6-3-7-12-20)23(28)16-21(26)13-8-14-22(26)24(29)15-19-9-4-2-5-10-19/h2-7,9-12,16,18,22,24,29H,8,13-15,17H2,1H3/t22-,24+,26+/m1/s1. The van der Waals surface area contributed by atoms with Gasteiger partial charge in [-0.1, -0.05) is 73.2 Å². The summed E-state index contributed by atoms with van der Waals surface area (Å²) in [7, 11) is 0. The molecule has 0 amide bonds. The number of imidazole rings is 1. The Kier molecular flexibility index (Phi) is 4.63. The van der Waals surface area contributed by atoms with E-state index in [-0.39, 0.29) is 17.4 Å². The van der Waals surface area contributed by atoms with Crippen LogP contribution in [0, 0.1) is 11.3 Å². The molecule has 148 valence electrons. The van der Waals surface area contributed by atoms with Gasteiger partial charge in [-0.05, 0) is 43.2 Å². The summed E-state index contributed by atoms with van der Waals surface area (Å²) in [5.74, 6) is 0.262. The van der Waals surface area contributed by atoms with Crippen molar-refractivity contribution in [2.24, 2.45) is 11.3 Å². The van der Waals surface area contributed by atoms with E-state index in [1.165, 1.54) is 16.8 Å². The molecule has 3 aromatic rings. The fraction of sp³-hybridized carbons (Fsp3) is 0.346. The van der Waals surface area contributed by atoms with Crippen LogP contribution in [-0.2, 0) is 13.0 Å². The predicted octanol–water partition coefficient (Wildman–Crippen LogP) is 5.36. The first-order valence-electron chi connectivity index (χ1n) is 10.7. The molecule has 2 aromatic carbocycles. The number of rotatable bonds is 4. The molecule has 29 heavy (non-hydrogen) atoms. The minimum atomic E-state index is -0.329. The third-order valence-electron chi connectivity index (χ3n) is 7.00. The molecule has 3 heteroatoms. The fourth-order valence-electron chi connectivity index (χ4n) is 5.43. The van der Waals surface area contributed by atoms with Gasteiger partial charge in [0.2, 0.25) is 0 Å². The number of aromatic nitrogens is 2. The molecule has 0 radical (unpaired) electrons. The van der Waals surface area contributed by atoms with Gasteiger partial charge in [0.1, 0.15) is 0 Å². The van der Waals surface area contributed by atoms with E-state index >= 15 is 0 Å². The SMILES string of the molecule is C[C@]12Cn3cnc(-c4ccccc4)c3C=C1CCC[C@@H]2[C@@H](O)Cc1ccccc1. The summed E-state index contributed by atoms with van der Waals surface area (Å²) in [4.78, 5) is 4.75. The van der Waals surface area contributed by atoms with Crippen LogP contribution in [0.4, 0.5) is 0 Å². The molecule has 0 saturated heterocycles. The Morgan fingerprint density at radius 1 is 1.10 bits per heavy atom. The zero-order chi connectivity index (χ0) is 19.8. The van der Waals surface area contributed by atoms with E-state index < -0.39 is 0 Å². The number of allylic oxidation sites excluding steroid dienone is 1. The second-order valence-corrected chi connectivity index (χ2v) is 8.82. The Bertz CT molecular complexity index is 1020. The Morgan fingerprint density at radius 2 is 1.83 bits per heavy atom. The van der Waals surface area contributed by atoms with E-state index in [9.17, 15) is 5.11 Å². The number of hydrogen-bond acceptors (Lipinski definition) is 2. The van der Waals surface area contributed by atoms with Crippen molar-refractivity contribution in [3.05, 3.63) is 83.8 Å². The summed E-state index contributed by atoms with van der Waals surface area (Å²) in [5.41, 5.74) is 6.11. The van der Waals surface area contributed by atoms with Crippen molar-refractivity contribution in [1.29, 1.82) is 0 Å². The lowest BCUT2D eigenvalue weighted by atomic mass is 9.60. The summed E-state index contributed by atoms with van der Waals surface area (Å²) in [6, 6.07) is 20.8. The van der Waals surface area contributed by atoms with E-state index in [4.69, 9.17) is 4.98 Å². The molecule has 1 N–H and O–H groups in total. The van der Waals surface area contributed by atoms with Gasteiger partial charge in [-0.3, -0.25) is 0 Å². The van der Waals surface area contributed by atoms with Crippen molar-refractivity contribution in [2.75, 3.05) is 0 Å². The van der Waals surface area contributed by atoms with Gasteiger partial charge in [0.25, 0.3) is 0 Å². The van der Waals surface area contributed by atoms with E-state index in [0.29, 0.717) is 0 Å². The second kappa shape index (κ2) is 7.31. The second-order valence-electron chi connectivity index (χ2n) is 8.82. The maximum Gasteiger partial charge on any atom is 0.0958 e. The number of aliphatic hydroxyl groups excluding tert-OH is 1. The van der Waals surface area contributed by atoms with Gasteiger partial charge in [-0.25, -0.2) is 4.98 Å². The molecule has 2 heterocycles. The van der Waals surface area contributed by atoms with Crippen LogP contribution in [0.1, 0.15) is 37.4 Å². The minimum absolute atomic E-state index is 0.0197. The van der Waals surface area contributed by atoms with Crippen LogP contribution in [0.2, 0.25) is 0 Å². The zero-order valence-electron chi connectivity index (χ0n) is 17.0. The summed E-state index contributed by atoms with van der Waals surface area (Å²) >= 11 is 0. The van der Waals surface area contributed by atoms with Gasteiger partial charge >= 0.3 is 0 Å². The first kappa shape index (κ1) is 18.4. The fourth-order valence-corrected chi connectivity index (χ4v) is 5.43. The van der Waals surface area contributed by atoms with Crippen LogP contribution >= 0.6 is 0 Å². The molecule has 2 aliphatic rings. The number of nitrogens with zero attached hydrogens (tertiary/aromatic N) is 2. The van der Waals surface area contributed by atoms with Gasteiger partial charge in [0.05, 0.1) is 23.8 Å². The quantitative estimate of drug-likeness (QED) is 0.658. The van der Waals surface area contributed by atoms with Crippen LogP contribution < -0.4 is 0 Å². The average Bonchev–Trinajstić information content (AvgIpc) is 3.14. The van der Waals surface area contributed by atoms with Crippen LogP contribution in [0.5, 0.6) is 0 Å². The highest BCUT2D eigenvalue weighted by atomic mass is 16.3. The molecule has 0 bridgehead atoms. The first-order valence-corrected chi connectivity index (χ1v) is 10.7. The van der Waals surface area contributed by atoms with Crippen LogP contribution in [0.15, 0.2) is 72.6 Å². The largest absolute Gasteiger partial charge is 0.392 e. The van der Waals surface area contributed by atoms with Crippen molar-refractivity contribution in [3.8, 4) is 11.3 Å².